The van der Waals surface area contributed by atoms with E-state index >= 15 is 0 Å². The van der Waals surface area contributed by atoms with Crippen LogP contribution in [0.15, 0.2) is 11.6 Å². The molecule has 0 spiro atoms. The first-order chi connectivity index (χ1) is 6.65. The molecular weight excluding hydrogens is 238 g/mol. The number of rotatable bonds is 7. The van der Waals surface area contributed by atoms with Gasteiger partial charge in [0, 0.05) is 24.5 Å². The summed E-state index contributed by atoms with van der Waals surface area (Å²) in [5.41, 5.74) is 1.41. The van der Waals surface area contributed by atoms with Gasteiger partial charge >= 0.3 is 0 Å². The molecule has 0 aromatic heterocycles. The summed E-state index contributed by atoms with van der Waals surface area (Å²) in [7, 11) is 0. The lowest BCUT2D eigenvalue weighted by Gasteiger charge is -2.28. The Bertz CT molecular complexity index is 158. The summed E-state index contributed by atoms with van der Waals surface area (Å²) >= 11 is 3.52. The summed E-state index contributed by atoms with van der Waals surface area (Å²) in [5, 5.41) is 1.07. The van der Waals surface area contributed by atoms with E-state index in [0.29, 0.717) is 0 Å². The standard InChI is InChI=1S/C12H24BrN/c1-5-12(6-2)14(10-8-13)9-7-11(3)4/h7,12H,5-6,8-10H2,1-4H3. The number of nitrogens with zero attached hydrogens (tertiary/aromatic N) is 1. The third-order valence-electron chi connectivity index (χ3n) is 2.56. The molecule has 0 aliphatic heterocycles. The van der Waals surface area contributed by atoms with Gasteiger partial charge in [0.05, 0.1) is 0 Å². The Morgan fingerprint density at radius 2 is 1.86 bits per heavy atom. The molecule has 0 rings (SSSR count). The first-order valence-electron chi connectivity index (χ1n) is 5.59. The third kappa shape index (κ3) is 5.82. The van der Waals surface area contributed by atoms with Gasteiger partial charge in [-0.25, -0.2) is 0 Å². The predicted molar refractivity (Wildman–Crippen MR) is 69.2 cm³/mol. The van der Waals surface area contributed by atoms with Crippen LogP contribution < -0.4 is 0 Å². The molecule has 14 heavy (non-hydrogen) atoms. The lowest BCUT2D eigenvalue weighted by atomic mass is 10.1. The molecule has 0 amide bonds. The zero-order valence-electron chi connectivity index (χ0n) is 10.0. The largest absolute Gasteiger partial charge is 0.296 e. The predicted octanol–water partition coefficient (Wildman–Crippen LogP) is 3.84. The molecule has 0 heterocycles. The van der Waals surface area contributed by atoms with E-state index in [1.165, 1.54) is 18.4 Å². The Labute approximate surface area is 97.7 Å². The van der Waals surface area contributed by atoms with Crippen LogP contribution in [0.25, 0.3) is 0 Å². The Morgan fingerprint density at radius 1 is 1.29 bits per heavy atom. The molecule has 0 saturated heterocycles. The topological polar surface area (TPSA) is 3.24 Å². The van der Waals surface area contributed by atoms with E-state index in [-0.39, 0.29) is 0 Å². The highest BCUT2D eigenvalue weighted by molar-refractivity contribution is 9.09. The Balaban J connectivity index is 4.18. The van der Waals surface area contributed by atoms with Crippen LogP contribution in [0.4, 0.5) is 0 Å². The van der Waals surface area contributed by atoms with Gasteiger partial charge in [-0.1, -0.05) is 41.4 Å². The minimum absolute atomic E-state index is 0.739. The Kier molecular flexibility index (Phi) is 8.59. The van der Waals surface area contributed by atoms with E-state index in [0.717, 1.165) is 24.5 Å². The highest BCUT2D eigenvalue weighted by atomic mass is 79.9. The molecule has 0 saturated carbocycles. The van der Waals surface area contributed by atoms with E-state index in [9.17, 15) is 0 Å². The second kappa shape index (κ2) is 8.49. The number of hydrogen-bond donors (Lipinski definition) is 0. The quantitative estimate of drug-likeness (QED) is 0.497. The van der Waals surface area contributed by atoms with E-state index in [2.05, 4.69) is 54.6 Å². The molecule has 84 valence electrons. The first kappa shape index (κ1) is 14.2. The number of alkyl halides is 1. The normalized spacial score (nSPS) is 11.1. The minimum Gasteiger partial charge on any atom is -0.296 e. The van der Waals surface area contributed by atoms with E-state index in [1.807, 2.05) is 0 Å². The lowest BCUT2D eigenvalue weighted by molar-refractivity contribution is 0.218. The summed E-state index contributed by atoms with van der Waals surface area (Å²) in [4.78, 5) is 2.56. The van der Waals surface area contributed by atoms with Gasteiger partial charge in [0.2, 0.25) is 0 Å². The van der Waals surface area contributed by atoms with Crippen LogP contribution in [0.2, 0.25) is 0 Å². The molecule has 1 nitrogen and oxygen atoms in total. The second-order valence-corrected chi connectivity index (χ2v) is 4.73. The molecule has 0 aromatic carbocycles. The van der Waals surface area contributed by atoms with Crippen molar-refractivity contribution in [1.82, 2.24) is 4.90 Å². The van der Waals surface area contributed by atoms with Crippen LogP contribution >= 0.6 is 15.9 Å². The number of hydrogen-bond acceptors (Lipinski definition) is 1. The molecule has 0 unspecified atom stereocenters. The molecule has 0 N–H and O–H groups in total. The van der Waals surface area contributed by atoms with E-state index in [1.54, 1.807) is 0 Å². The van der Waals surface area contributed by atoms with Gasteiger partial charge in [-0.05, 0) is 26.7 Å². The van der Waals surface area contributed by atoms with Gasteiger partial charge in [-0.2, -0.15) is 0 Å². The fraction of sp³-hybridized carbons (Fsp3) is 0.833. The van der Waals surface area contributed by atoms with Crippen molar-refractivity contribution in [2.24, 2.45) is 0 Å². The molecule has 0 aromatic rings. The van der Waals surface area contributed by atoms with Crippen LogP contribution in [0.1, 0.15) is 40.5 Å². The molecule has 0 atom stereocenters. The smallest absolute Gasteiger partial charge is 0.0168 e. The van der Waals surface area contributed by atoms with Crippen LogP contribution in [0.3, 0.4) is 0 Å². The second-order valence-electron chi connectivity index (χ2n) is 3.94. The van der Waals surface area contributed by atoms with Gasteiger partial charge in [0.1, 0.15) is 0 Å². The SMILES string of the molecule is CCC(CC)N(CC=C(C)C)CCBr. The summed E-state index contributed by atoms with van der Waals surface area (Å²) < 4.78 is 0. The van der Waals surface area contributed by atoms with Crippen LogP contribution in [-0.2, 0) is 0 Å². The molecule has 2 heteroatoms. The van der Waals surface area contributed by atoms with Crippen molar-refractivity contribution >= 4 is 15.9 Å². The van der Waals surface area contributed by atoms with Crippen molar-refractivity contribution in [3.8, 4) is 0 Å². The zero-order valence-corrected chi connectivity index (χ0v) is 11.6. The molecule has 0 aliphatic carbocycles. The first-order valence-corrected chi connectivity index (χ1v) is 6.71. The average Bonchev–Trinajstić information content (AvgIpc) is 2.15. The Hall–Kier alpha value is 0.180. The van der Waals surface area contributed by atoms with Crippen molar-refractivity contribution in [3.63, 3.8) is 0 Å². The van der Waals surface area contributed by atoms with Gasteiger partial charge in [0.15, 0.2) is 0 Å². The zero-order chi connectivity index (χ0) is 11.0. The van der Waals surface area contributed by atoms with Crippen LogP contribution in [0.5, 0.6) is 0 Å². The summed E-state index contributed by atoms with van der Waals surface area (Å²) in [6, 6.07) is 0.739. The highest BCUT2D eigenvalue weighted by Crippen LogP contribution is 2.09. The fourth-order valence-electron chi connectivity index (χ4n) is 1.64. The fourth-order valence-corrected chi connectivity index (χ4v) is 2.09. The van der Waals surface area contributed by atoms with Crippen molar-refractivity contribution in [2.45, 2.75) is 46.6 Å². The molecule has 0 aliphatic rings. The van der Waals surface area contributed by atoms with Gasteiger partial charge in [-0.3, -0.25) is 4.90 Å². The van der Waals surface area contributed by atoms with Crippen LogP contribution in [0, 0.1) is 0 Å². The molecule has 0 fully saturated rings. The average molecular weight is 262 g/mol. The maximum absolute atomic E-state index is 3.52. The molecule has 0 radical (unpaired) electrons. The molecule has 0 bridgehead atoms. The van der Waals surface area contributed by atoms with Gasteiger partial charge < -0.3 is 0 Å². The van der Waals surface area contributed by atoms with Crippen molar-refractivity contribution in [1.29, 1.82) is 0 Å². The monoisotopic (exact) mass is 261 g/mol. The lowest BCUT2D eigenvalue weighted by Crippen LogP contribution is -2.36. The van der Waals surface area contributed by atoms with E-state index in [4.69, 9.17) is 0 Å². The molecular formula is C12H24BrN. The Morgan fingerprint density at radius 3 is 2.21 bits per heavy atom. The van der Waals surface area contributed by atoms with Gasteiger partial charge in [0.25, 0.3) is 0 Å². The summed E-state index contributed by atoms with van der Waals surface area (Å²) in [5.74, 6) is 0. The number of halogens is 1. The maximum Gasteiger partial charge on any atom is 0.0168 e. The number of allylic oxidation sites excluding steroid dienone is 1. The summed E-state index contributed by atoms with van der Waals surface area (Å²) in [6.07, 6.45) is 4.82. The van der Waals surface area contributed by atoms with Crippen molar-refractivity contribution in [2.75, 3.05) is 18.4 Å². The van der Waals surface area contributed by atoms with E-state index < -0.39 is 0 Å². The minimum atomic E-state index is 0.739. The summed E-state index contributed by atoms with van der Waals surface area (Å²) in [6.45, 7) is 11.1. The third-order valence-corrected chi connectivity index (χ3v) is 2.92. The maximum atomic E-state index is 3.52. The highest BCUT2D eigenvalue weighted by Gasteiger charge is 2.12. The van der Waals surface area contributed by atoms with Crippen LogP contribution in [-0.4, -0.2) is 29.4 Å². The van der Waals surface area contributed by atoms with Crippen molar-refractivity contribution in [3.05, 3.63) is 11.6 Å². The van der Waals surface area contributed by atoms with Gasteiger partial charge in [-0.15, -0.1) is 0 Å². The van der Waals surface area contributed by atoms with Crippen molar-refractivity contribution < 1.29 is 0 Å².